The molecular formula is C17H22N2O6S. The Bertz CT molecular complexity index is 851. The lowest BCUT2D eigenvalue weighted by Gasteiger charge is -2.33. The second-order valence-electron chi connectivity index (χ2n) is 6.49. The molecule has 2 aliphatic rings. The standard InChI is InChI=1S/C17H22N2O6S/c1-24-14-8-11-6-7-18(10-12(11)9-15(14)25-2)17(21)13-4-5-16(20)19(13)26(3,22)23/h8-9,13H,4-7,10H2,1-3H3. The first-order valence-electron chi connectivity index (χ1n) is 8.31. The van der Waals surface area contributed by atoms with Crippen LogP contribution in [0.3, 0.4) is 0 Å². The smallest absolute Gasteiger partial charge is 0.246 e. The van der Waals surface area contributed by atoms with Crippen LogP contribution in [0, 0.1) is 0 Å². The largest absolute Gasteiger partial charge is 0.493 e. The van der Waals surface area contributed by atoms with Gasteiger partial charge in [0, 0.05) is 19.5 Å². The van der Waals surface area contributed by atoms with Gasteiger partial charge in [-0.15, -0.1) is 0 Å². The minimum absolute atomic E-state index is 0.0684. The van der Waals surface area contributed by atoms with Crippen LogP contribution in [0.25, 0.3) is 0 Å². The molecule has 2 heterocycles. The number of rotatable bonds is 4. The van der Waals surface area contributed by atoms with E-state index in [0.717, 1.165) is 21.7 Å². The summed E-state index contributed by atoms with van der Waals surface area (Å²) < 4.78 is 35.1. The normalized spacial score (nSPS) is 20.1. The average molecular weight is 382 g/mol. The monoisotopic (exact) mass is 382 g/mol. The third-order valence-electron chi connectivity index (χ3n) is 4.83. The molecule has 1 fully saturated rings. The Balaban J connectivity index is 1.84. The van der Waals surface area contributed by atoms with Gasteiger partial charge in [0.1, 0.15) is 6.04 Å². The van der Waals surface area contributed by atoms with Gasteiger partial charge in [-0.3, -0.25) is 9.59 Å². The fourth-order valence-corrected chi connectivity index (χ4v) is 4.70. The Kier molecular flexibility index (Phi) is 4.83. The van der Waals surface area contributed by atoms with Gasteiger partial charge < -0.3 is 14.4 Å². The highest BCUT2D eigenvalue weighted by molar-refractivity contribution is 7.89. The third kappa shape index (κ3) is 3.23. The number of amides is 2. The summed E-state index contributed by atoms with van der Waals surface area (Å²) in [5.74, 6) is 0.362. The van der Waals surface area contributed by atoms with Gasteiger partial charge in [-0.05, 0) is 36.1 Å². The Labute approximate surface area is 152 Å². The number of sulfonamides is 1. The van der Waals surface area contributed by atoms with E-state index in [2.05, 4.69) is 0 Å². The second-order valence-corrected chi connectivity index (χ2v) is 8.35. The lowest BCUT2D eigenvalue weighted by molar-refractivity contribution is -0.138. The fourth-order valence-electron chi connectivity index (χ4n) is 3.58. The van der Waals surface area contributed by atoms with Gasteiger partial charge in [-0.2, -0.15) is 0 Å². The van der Waals surface area contributed by atoms with Crippen molar-refractivity contribution in [2.75, 3.05) is 27.0 Å². The quantitative estimate of drug-likeness (QED) is 0.755. The van der Waals surface area contributed by atoms with Crippen molar-refractivity contribution in [3.63, 3.8) is 0 Å². The van der Waals surface area contributed by atoms with Crippen LogP contribution in [-0.2, 0) is 32.6 Å². The maximum absolute atomic E-state index is 12.9. The molecule has 142 valence electrons. The third-order valence-corrected chi connectivity index (χ3v) is 6.01. The van der Waals surface area contributed by atoms with Gasteiger partial charge in [-0.1, -0.05) is 0 Å². The molecule has 1 saturated heterocycles. The molecule has 8 nitrogen and oxygen atoms in total. The molecule has 26 heavy (non-hydrogen) atoms. The van der Waals surface area contributed by atoms with E-state index in [4.69, 9.17) is 9.47 Å². The molecule has 0 N–H and O–H groups in total. The summed E-state index contributed by atoms with van der Waals surface area (Å²) in [7, 11) is -0.650. The number of nitrogens with zero attached hydrogens (tertiary/aromatic N) is 2. The predicted molar refractivity (Wildman–Crippen MR) is 93.4 cm³/mol. The van der Waals surface area contributed by atoms with Crippen molar-refractivity contribution in [2.45, 2.75) is 31.8 Å². The van der Waals surface area contributed by atoms with E-state index in [1.807, 2.05) is 12.1 Å². The molecule has 2 aliphatic heterocycles. The van der Waals surface area contributed by atoms with Crippen molar-refractivity contribution >= 4 is 21.8 Å². The van der Waals surface area contributed by atoms with Crippen LogP contribution < -0.4 is 9.47 Å². The van der Waals surface area contributed by atoms with Gasteiger partial charge in [0.05, 0.1) is 20.5 Å². The van der Waals surface area contributed by atoms with Crippen LogP contribution in [0.4, 0.5) is 0 Å². The van der Waals surface area contributed by atoms with Crippen molar-refractivity contribution in [1.29, 1.82) is 0 Å². The highest BCUT2D eigenvalue weighted by Crippen LogP contribution is 2.34. The molecule has 9 heteroatoms. The number of ether oxygens (including phenoxy) is 2. The molecule has 0 radical (unpaired) electrons. The minimum Gasteiger partial charge on any atom is -0.493 e. The Morgan fingerprint density at radius 1 is 1.12 bits per heavy atom. The second kappa shape index (κ2) is 6.79. The highest BCUT2D eigenvalue weighted by atomic mass is 32.2. The first kappa shape index (κ1) is 18.5. The zero-order valence-corrected chi connectivity index (χ0v) is 15.8. The summed E-state index contributed by atoms with van der Waals surface area (Å²) in [6, 6.07) is 2.79. The van der Waals surface area contributed by atoms with E-state index < -0.39 is 22.0 Å². The Morgan fingerprint density at radius 2 is 1.73 bits per heavy atom. The molecule has 2 amide bonds. The highest BCUT2D eigenvalue weighted by Gasteiger charge is 2.43. The summed E-state index contributed by atoms with van der Waals surface area (Å²) in [6.07, 6.45) is 1.87. The SMILES string of the molecule is COc1cc2c(cc1OC)CN(C(=O)C1CCC(=O)N1S(C)(=O)=O)CC2. The summed E-state index contributed by atoms with van der Waals surface area (Å²) in [5.41, 5.74) is 1.99. The lowest BCUT2D eigenvalue weighted by Crippen LogP contribution is -2.49. The minimum atomic E-state index is -3.77. The number of carbonyl (C=O) groups excluding carboxylic acids is 2. The molecule has 0 aliphatic carbocycles. The van der Waals surface area contributed by atoms with Crippen LogP contribution in [0.5, 0.6) is 11.5 Å². The van der Waals surface area contributed by atoms with Gasteiger partial charge >= 0.3 is 0 Å². The summed E-state index contributed by atoms with van der Waals surface area (Å²) in [6.45, 7) is 0.806. The molecule has 0 aromatic heterocycles. The van der Waals surface area contributed by atoms with Crippen molar-refractivity contribution in [2.24, 2.45) is 0 Å². The van der Waals surface area contributed by atoms with E-state index in [9.17, 15) is 18.0 Å². The van der Waals surface area contributed by atoms with Crippen LogP contribution in [0.15, 0.2) is 12.1 Å². The van der Waals surface area contributed by atoms with E-state index in [-0.39, 0.29) is 18.7 Å². The summed E-state index contributed by atoms with van der Waals surface area (Å²) in [5, 5.41) is 0. The Morgan fingerprint density at radius 3 is 2.31 bits per heavy atom. The van der Waals surface area contributed by atoms with Gasteiger partial charge in [-0.25, -0.2) is 12.7 Å². The number of fused-ring (bicyclic) bond motifs is 1. The van der Waals surface area contributed by atoms with E-state index >= 15 is 0 Å². The molecule has 1 aromatic rings. The van der Waals surface area contributed by atoms with Crippen molar-refractivity contribution in [1.82, 2.24) is 9.21 Å². The van der Waals surface area contributed by atoms with Gasteiger partial charge in [0.15, 0.2) is 11.5 Å². The van der Waals surface area contributed by atoms with E-state index in [1.165, 1.54) is 0 Å². The Hall–Kier alpha value is -2.29. The molecule has 0 saturated carbocycles. The van der Waals surface area contributed by atoms with Crippen LogP contribution in [0.1, 0.15) is 24.0 Å². The number of benzene rings is 1. The molecule has 0 bridgehead atoms. The zero-order valence-electron chi connectivity index (χ0n) is 15.0. The fraction of sp³-hybridized carbons (Fsp3) is 0.529. The molecule has 1 unspecified atom stereocenters. The van der Waals surface area contributed by atoms with E-state index in [0.29, 0.717) is 31.0 Å². The van der Waals surface area contributed by atoms with Gasteiger partial charge in [0.25, 0.3) is 0 Å². The van der Waals surface area contributed by atoms with Crippen LogP contribution in [0.2, 0.25) is 0 Å². The maximum atomic E-state index is 12.9. The molecule has 0 spiro atoms. The average Bonchev–Trinajstić information content (AvgIpc) is 3.01. The summed E-state index contributed by atoms with van der Waals surface area (Å²) >= 11 is 0. The summed E-state index contributed by atoms with van der Waals surface area (Å²) in [4.78, 5) is 26.4. The molecule has 1 aromatic carbocycles. The topological polar surface area (TPSA) is 93.2 Å². The van der Waals surface area contributed by atoms with Crippen LogP contribution >= 0.6 is 0 Å². The number of methoxy groups -OCH3 is 2. The molecule has 1 atom stereocenters. The first-order chi connectivity index (χ1) is 12.3. The maximum Gasteiger partial charge on any atom is 0.246 e. The molecular weight excluding hydrogens is 360 g/mol. The van der Waals surface area contributed by atoms with Gasteiger partial charge in [0.2, 0.25) is 21.8 Å². The van der Waals surface area contributed by atoms with Crippen molar-refractivity contribution in [3.8, 4) is 11.5 Å². The first-order valence-corrected chi connectivity index (χ1v) is 10.2. The number of carbonyl (C=O) groups is 2. The van der Waals surface area contributed by atoms with Crippen LogP contribution in [-0.4, -0.2) is 62.5 Å². The zero-order chi connectivity index (χ0) is 19.1. The predicted octanol–water partition coefficient (Wildman–Crippen LogP) is 0.539. The lowest BCUT2D eigenvalue weighted by atomic mass is 9.98. The van der Waals surface area contributed by atoms with Crippen molar-refractivity contribution < 1.29 is 27.5 Å². The van der Waals surface area contributed by atoms with Crippen molar-refractivity contribution in [3.05, 3.63) is 23.3 Å². The molecule has 3 rings (SSSR count). The van der Waals surface area contributed by atoms with E-state index in [1.54, 1.807) is 19.1 Å². The number of hydrogen-bond donors (Lipinski definition) is 0. The number of hydrogen-bond acceptors (Lipinski definition) is 6.